The molecular weight excluding hydrogens is 254 g/mol. The number of nitrogens with zero attached hydrogens (tertiary/aromatic N) is 1. The maximum atomic E-state index is 11.5. The summed E-state index contributed by atoms with van der Waals surface area (Å²) < 4.78 is 5.02. The Morgan fingerprint density at radius 1 is 1.26 bits per heavy atom. The average Bonchev–Trinajstić information content (AvgIpc) is 2.38. The van der Waals surface area contributed by atoms with Gasteiger partial charge in [-0.25, -0.2) is 0 Å². The molecule has 0 spiro atoms. The van der Waals surface area contributed by atoms with Crippen molar-refractivity contribution in [3.63, 3.8) is 0 Å². The lowest BCUT2D eigenvalue weighted by atomic mass is 10.1. The van der Waals surface area contributed by atoms with E-state index in [-0.39, 0.29) is 30.8 Å². The molecule has 104 valence electrons. The first-order chi connectivity index (χ1) is 8.99. The molecule has 1 heterocycles. The molecule has 0 fully saturated rings. The molecule has 0 bridgehead atoms. The van der Waals surface area contributed by atoms with Crippen LogP contribution in [0.2, 0.25) is 0 Å². The molecule has 0 aliphatic rings. The van der Waals surface area contributed by atoms with Crippen molar-refractivity contribution in [1.29, 1.82) is 0 Å². The topological polar surface area (TPSA) is 117 Å². The largest absolute Gasteiger partial charge is 0.481 e. The first-order valence-electron chi connectivity index (χ1n) is 5.61. The van der Waals surface area contributed by atoms with Crippen molar-refractivity contribution < 1.29 is 29.6 Å². The highest BCUT2D eigenvalue weighted by Crippen LogP contribution is 2.26. The van der Waals surface area contributed by atoms with Crippen LogP contribution in [0.3, 0.4) is 0 Å². The maximum Gasteiger partial charge on any atom is 0.311 e. The third-order valence-corrected chi connectivity index (χ3v) is 2.49. The second-order valence-electron chi connectivity index (χ2n) is 3.86. The third-order valence-electron chi connectivity index (χ3n) is 2.49. The number of aliphatic hydroxyl groups excluding tert-OH is 2. The Kier molecular flexibility index (Phi) is 5.40. The van der Waals surface area contributed by atoms with E-state index in [2.05, 4.69) is 4.98 Å². The summed E-state index contributed by atoms with van der Waals surface area (Å²) in [6, 6.07) is 0. The van der Waals surface area contributed by atoms with Gasteiger partial charge >= 0.3 is 11.9 Å². The monoisotopic (exact) mass is 269 g/mol. The van der Waals surface area contributed by atoms with Gasteiger partial charge in [-0.15, -0.1) is 0 Å². The van der Waals surface area contributed by atoms with Crippen LogP contribution in [0, 0.1) is 6.92 Å². The summed E-state index contributed by atoms with van der Waals surface area (Å²) in [4.78, 5) is 25.8. The van der Waals surface area contributed by atoms with E-state index in [4.69, 9.17) is 14.9 Å². The molecule has 1 aromatic heterocycles. The normalized spacial score (nSPS) is 10.3. The molecular formula is C12H15NO6. The molecule has 0 saturated heterocycles. The van der Waals surface area contributed by atoms with E-state index in [0.717, 1.165) is 0 Å². The number of hydrogen-bond donors (Lipinski definition) is 3. The van der Waals surface area contributed by atoms with Crippen molar-refractivity contribution >= 4 is 11.9 Å². The molecule has 3 N–H and O–H groups in total. The molecule has 0 radical (unpaired) electrons. The Bertz CT molecular complexity index is 485. The van der Waals surface area contributed by atoms with E-state index in [0.29, 0.717) is 11.3 Å². The highest BCUT2D eigenvalue weighted by atomic mass is 16.5. The summed E-state index contributed by atoms with van der Waals surface area (Å²) in [5, 5.41) is 26.8. The molecule has 0 aromatic carbocycles. The molecule has 0 aliphatic carbocycles. The number of aryl methyl sites for hydroxylation is 1. The van der Waals surface area contributed by atoms with E-state index in [1.54, 1.807) is 6.92 Å². The number of carbonyl (C=O) groups excluding carboxylic acids is 1. The quantitative estimate of drug-likeness (QED) is 0.629. The lowest BCUT2D eigenvalue weighted by Gasteiger charge is -2.13. The predicted molar refractivity (Wildman–Crippen MR) is 63.3 cm³/mol. The van der Waals surface area contributed by atoms with Crippen LogP contribution >= 0.6 is 0 Å². The summed E-state index contributed by atoms with van der Waals surface area (Å²) in [6.07, 6.45) is 0.776. The van der Waals surface area contributed by atoms with Crippen LogP contribution in [0.25, 0.3) is 0 Å². The smallest absolute Gasteiger partial charge is 0.311 e. The van der Waals surface area contributed by atoms with Gasteiger partial charge in [-0.3, -0.25) is 14.6 Å². The Morgan fingerprint density at radius 3 is 2.47 bits per heavy atom. The number of pyridine rings is 1. The average molecular weight is 269 g/mol. The molecule has 7 nitrogen and oxygen atoms in total. The highest BCUT2D eigenvalue weighted by Gasteiger charge is 2.16. The van der Waals surface area contributed by atoms with Crippen LogP contribution < -0.4 is 4.74 Å². The van der Waals surface area contributed by atoms with Crippen molar-refractivity contribution in [2.75, 3.05) is 0 Å². The van der Waals surface area contributed by atoms with E-state index >= 15 is 0 Å². The second-order valence-corrected chi connectivity index (χ2v) is 3.86. The Hall–Kier alpha value is -1.99. The minimum atomic E-state index is -1.10. The SMILES string of the molecule is Cc1ncc(CO)c(CO)c1OC(=O)CCC(=O)O. The van der Waals surface area contributed by atoms with Crippen LogP contribution in [0.5, 0.6) is 5.75 Å². The van der Waals surface area contributed by atoms with Crippen molar-refractivity contribution in [2.24, 2.45) is 0 Å². The van der Waals surface area contributed by atoms with Gasteiger partial charge in [0.1, 0.15) is 0 Å². The van der Waals surface area contributed by atoms with Crippen LogP contribution in [-0.2, 0) is 22.8 Å². The fourth-order valence-corrected chi connectivity index (χ4v) is 1.49. The third kappa shape index (κ3) is 4.01. The molecule has 0 atom stereocenters. The van der Waals surface area contributed by atoms with Crippen LogP contribution in [0.4, 0.5) is 0 Å². The number of carboxylic acid groups (broad SMARTS) is 1. The van der Waals surface area contributed by atoms with E-state index in [9.17, 15) is 14.7 Å². The number of carboxylic acids is 1. The summed E-state index contributed by atoms with van der Waals surface area (Å²) in [6.45, 7) is 0.823. The minimum absolute atomic E-state index is 0.0736. The summed E-state index contributed by atoms with van der Waals surface area (Å²) in [5.41, 5.74) is 1.01. The fourth-order valence-electron chi connectivity index (χ4n) is 1.49. The van der Waals surface area contributed by atoms with Gasteiger partial charge in [-0.1, -0.05) is 0 Å². The van der Waals surface area contributed by atoms with Crippen LogP contribution in [0.1, 0.15) is 29.7 Å². The summed E-state index contributed by atoms with van der Waals surface area (Å²) >= 11 is 0. The fraction of sp³-hybridized carbons (Fsp3) is 0.417. The van der Waals surface area contributed by atoms with Crippen molar-refractivity contribution in [2.45, 2.75) is 33.0 Å². The molecule has 0 amide bonds. The van der Waals surface area contributed by atoms with Crippen molar-refractivity contribution in [3.8, 4) is 5.75 Å². The summed E-state index contributed by atoms with van der Waals surface area (Å²) in [5.74, 6) is -1.75. The second kappa shape index (κ2) is 6.81. The number of aliphatic hydroxyl groups is 2. The Balaban J connectivity index is 2.93. The van der Waals surface area contributed by atoms with Gasteiger partial charge < -0.3 is 20.1 Å². The van der Waals surface area contributed by atoms with Gasteiger partial charge in [0.15, 0.2) is 5.75 Å². The number of rotatable bonds is 6. The van der Waals surface area contributed by atoms with Crippen LogP contribution in [-0.4, -0.2) is 32.2 Å². The van der Waals surface area contributed by atoms with Crippen molar-refractivity contribution in [3.05, 3.63) is 23.0 Å². The lowest BCUT2D eigenvalue weighted by Crippen LogP contribution is -2.14. The van der Waals surface area contributed by atoms with Gasteiger partial charge in [0.2, 0.25) is 0 Å². The molecule has 0 saturated carbocycles. The Labute approximate surface area is 109 Å². The molecule has 7 heteroatoms. The summed E-state index contributed by atoms with van der Waals surface area (Å²) in [7, 11) is 0. The zero-order valence-electron chi connectivity index (χ0n) is 10.4. The Morgan fingerprint density at radius 2 is 1.95 bits per heavy atom. The molecule has 0 unspecified atom stereocenters. The zero-order chi connectivity index (χ0) is 14.4. The van der Waals surface area contributed by atoms with Gasteiger partial charge in [-0.05, 0) is 6.92 Å². The lowest BCUT2D eigenvalue weighted by molar-refractivity contribution is -0.142. The number of hydrogen-bond acceptors (Lipinski definition) is 6. The first kappa shape index (κ1) is 15.1. The zero-order valence-corrected chi connectivity index (χ0v) is 10.4. The molecule has 0 aliphatic heterocycles. The number of aromatic nitrogens is 1. The van der Waals surface area contributed by atoms with E-state index < -0.39 is 18.5 Å². The van der Waals surface area contributed by atoms with E-state index in [1.165, 1.54) is 6.20 Å². The number of carbonyl (C=O) groups is 2. The van der Waals surface area contributed by atoms with Gasteiger partial charge in [0.05, 0.1) is 31.7 Å². The number of aliphatic carboxylic acids is 1. The molecule has 19 heavy (non-hydrogen) atoms. The number of esters is 1. The molecule has 1 rings (SSSR count). The van der Waals surface area contributed by atoms with Gasteiger partial charge in [0.25, 0.3) is 0 Å². The highest BCUT2D eigenvalue weighted by molar-refractivity contribution is 5.78. The first-order valence-corrected chi connectivity index (χ1v) is 5.61. The minimum Gasteiger partial charge on any atom is -0.481 e. The van der Waals surface area contributed by atoms with E-state index in [1.807, 2.05) is 0 Å². The maximum absolute atomic E-state index is 11.5. The van der Waals surface area contributed by atoms with Crippen molar-refractivity contribution in [1.82, 2.24) is 4.98 Å². The predicted octanol–water partition coefficient (Wildman–Crippen LogP) is 0.145. The van der Waals surface area contributed by atoms with Gasteiger partial charge in [0, 0.05) is 17.3 Å². The van der Waals surface area contributed by atoms with Crippen LogP contribution in [0.15, 0.2) is 6.20 Å². The standard InChI is InChI=1S/C12H15NO6/c1-7-12(19-11(18)3-2-10(16)17)9(6-15)8(5-14)4-13-7/h4,14-15H,2-3,5-6H2,1H3,(H,16,17). The number of ether oxygens (including phenoxy) is 1. The molecule has 1 aromatic rings. The van der Waals surface area contributed by atoms with Gasteiger partial charge in [-0.2, -0.15) is 0 Å².